The van der Waals surface area contributed by atoms with Crippen LogP contribution in [0.1, 0.15) is 110 Å². The van der Waals surface area contributed by atoms with Gasteiger partial charge in [0.25, 0.3) is 5.91 Å². The minimum atomic E-state index is -0.384. The van der Waals surface area contributed by atoms with Crippen LogP contribution in [0.5, 0.6) is 0 Å². The number of likely N-dealkylation sites (tertiary alicyclic amines) is 1. The summed E-state index contributed by atoms with van der Waals surface area (Å²) in [6.45, 7) is 7.35. The maximum atomic E-state index is 12.0. The number of nitrogens with zero attached hydrogens (tertiary/aromatic N) is 1. The molecule has 1 rings (SSSR count). The number of ketones is 1. The van der Waals surface area contributed by atoms with E-state index >= 15 is 0 Å². The van der Waals surface area contributed by atoms with Crippen molar-refractivity contribution in [2.24, 2.45) is 0 Å². The molecule has 1 aliphatic rings. The molecule has 0 aromatic carbocycles. The molecule has 1 N–H and O–H groups in total. The molecule has 0 bridgehead atoms. The van der Waals surface area contributed by atoms with Crippen LogP contribution in [0.15, 0.2) is 0 Å². The van der Waals surface area contributed by atoms with E-state index in [1.54, 1.807) is 0 Å². The van der Waals surface area contributed by atoms with Gasteiger partial charge in [-0.2, -0.15) is 0 Å². The lowest BCUT2D eigenvalue weighted by Crippen LogP contribution is -2.43. The van der Waals surface area contributed by atoms with Crippen LogP contribution in [0.3, 0.4) is 0 Å². The third kappa shape index (κ3) is 14.8. The molecule has 0 aliphatic carbocycles. The first-order valence-corrected chi connectivity index (χ1v) is 11.7. The molecular weight excluding hydrogens is 463 g/mol. The zero-order valence-corrected chi connectivity index (χ0v) is 20.8. The summed E-state index contributed by atoms with van der Waals surface area (Å²) in [7, 11) is 0. The van der Waals surface area contributed by atoms with Crippen LogP contribution in [0.25, 0.3) is 0 Å². The quantitative estimate of drug-likeness (QED) is 0.152. The zero-order valence-electron chi connectivity index (χ0n) is 18.5. The Balaban J connectivity index is 0.00000729. The fourth-order valence-electron chi connectivity index (χ4n) is 3.94. The predicted molar refractivity (Wildman–Crippen MR) is 129 cm³/mol. The minimum Gasteiger partial charge on any atom is -0.346 e. The third-order valence-electron chi connectivity index (χ3n) is 5.62. The van der Waals surface area contributed by atoms with E-state index in [9.17, 15) is 9.59 Å². The number of unbranched alkanes of at least 4 members (excludes halogenated alkanes) is 11. The van der Waals surface area contributed by atoms with Crippen molar-refractivity contribution < 1.29 is 9.59 Å². The van der Waals surface area contributed by atoms with E-state index in [1.807, 2.05) is 6.92 Å². The first kappa shape index (κ1) is 27.8. The van der Waals surface area contributed by atoms with Crippen molar-refractivity contribution >= 4 is 35.7 Å². The van der Waals surface area contributed by atoms with Crippen LogP contribution in [0.4, 0.5) is 0 Å². The summed E-state index contributed by atoms with van der Waals surface area (Å²) in [4.78, 5) is 26.3. The number of rotatable bonds is 17. The normalized spacial score (nSPS) is 15.2. The Morgan fingerprint density at radius 3 is 1.79 bits per heavy atom. The van der Waals surface area contributed by atoms with Gasteiger partial charge >= 0.3 is 0 Å². The Kier molecular flexibility index (Phi) is 18.7. The Hall–Kier alpha value is -0.170. The minimum absolute atomic E-state index is 0. The lowest BCUT2D eigenvalue weighted by atomic mass is 10.0. The predicted octanol–water partition coefficient (Wildman–Crippen LogP) is 5.87. The molecule has 0 radical (unpaired) electrons. The molecule has 1 saturated heterocycles. The lowest BCUT2D eigenvalue weighted by Gasteiger charge is -2.20. The monoisotopic (exact) mass is 508 g/mol. The van der Waals surface area contributed by atoms with Crippen LogP contribution >= 0.6 is 24.0 Å². The molecule has 1 atom stereocenters. The Labute approximate surface area is 191 Å². The van der Waals surface area contributed by atoms with Crippen molar-refractivity contribution in [3.05, 3.63) is 0 Å². The van der Waals surface area contributed by atoms with Crippen molar-refractivity contribution in [1.29, 1.82) is 0 Å². The van der Waals surface area contributed by atoms with Gasteiger partial charge in [0.05, 0.1) is 0 Å². The van der Waals surface area contributed by atoms with E-state index in [4.69, 9.17) is 0 Å². The van der Waals surface area contributed by atoms with E-state index in [1.165, 1.54) is 77.0 Å². The maximum Gasteiger partial charge on any atom is 0.287 e. The van der Waals surface area contributed by atoms with Crippen molar-refractivity contribution in [3.63, 3.8) is 0 Å². The van der Waals surface area contributed by atoms with Crippen LogP contribution in [-0.2, 0) is 9.59 Å². The molecule has 1 aliphatic heterocycles. The largest absolute Gasteiger partial charge is 0.346 e. The Bertz CT molecular complexity index is 398. The molecule has 1 heterocycles. The molecule has 1 unspecified atom stereocenters. The van der Waals surface area contributed by atoms with Crippen LogP contribution < -0.4 is 5.32 Å². The molecule has 0 saturated carbocycles. The smallest absolute Gasteiger partial charge is 0.287 e. The van der Waals surface area contributed by atoms with E-state index < -0.39 is 0 Å². The molecule has 0 spiro atoms. The molecule has 28 heavy (non-hydrogen) atoms. The van der Waals surface area contributed by atoms with Crippen molar-refractivity contribution in [2.45, 2.75) is 116 Å². The molecule has 1 amide bonds. The average molecular weight is 509 g/mol. The molecule has 1 fully saturated rings. The highest BCUT2D eigenvalue weighted by molar-refractivity contribution is 14.0. The fraction of sp³-hybridized carbons (Fsp3) is 0.913. The number of Topliss-reactive ketones (excluding diaryl/α,β-unsaturated/α-hetero) is 1. The molecule has 166 valence electrons. The van der Waals surface area contributed by atoms with Gasteiger partial charge in [-0.15, -0.1) is 24.0 Å². The summed E-state index contributed by atoms with van der Waals surface area (Å²) >= 11 is 0. The second kappa shape index (κ2) is 18.8. The van der Waals surface area contributed by atoms with E-state index in [-0.39, 0.29) is 41.7 Å². The van der Waals surface area contributed by atoms with Crippen LogP contribution in [-0.4, -0.2) is 42.3 Å². The second-order valence-corrected chi connectivity index (χ2v) is 8.44. The summed E-state index contributed by atoms with van der Waals surface area (Å²) in [5, 5.41) is 2.87. The molecule has 4 nitrogen and oxygen atoms in total. The van der Waals surface area contributed by atoms with Gasteiger partial charge in [-0.1, -0.05) is 77.6 Å². The third-order valence-corrected chi connectivity index (χ3v) is 5.62. The van der Waals surface area contributed by atoms with Gasteiger partial charge in [-0.05, 0) is 39.3 Å². The number of amides is 1. The summed E-state index contributed by atoms with van der Waals surface area (Å²) in [6.07, 6.45) is 18.2. The summed E-state index contributed by atoms with van der Waals surface area (Å²) < 4.78 is 0. The standard InChI is InChI=1S/C23H44N2O2.HI/c1-3-4-5-6-7-8-9-10-11-12-13-14-17-22(26)23(27)24-21(2)20-25-18-15-16-19-25;/h21H,3-20H2,1-2H3,(H,24,27);1H. The summed E-state index contributed by atoms with van der Waals surface area (Å²) in [5.41, 5.74) is 0. The van der Waals surface area contributed by atoms with E-state index in [0.717, 1.165) is 32.5 Å². The first-order valence-electron chi connectivity index (χ1n) is 11.7. The fourth-order valence-corrected chi connectivity index (χ4v) is 3.94. The van der Waals surface area contributed by atoms with Gasteiger partial charge in [0.15, 0.2) is 0 Å². The highest BCUT2D eigenvalue weighted by Crippen LogP contribution is 2.12. The van der Waals surface area contributed by atoms with Gasteiger partial charge in [0.2, 0.25) is 5.78 Å². The van der Waals surface area contributed by atoms with Crippen molar-refractivity contribution in [2.75, 3.05) is 19.6 Å². The van der Waals surface area contributed by atoms with Crippen LogP contribution in [0, 0.1) is 0 Å². The van der Waals surface area contributed by atoms with Crippen LogP contribution in [0.2, 0.25) is 0 Å². The van der Waals surface area contributed by atoms with E-state index in [0.29, 0.717) is 6.42 Å². The Morgan fingerprint density at radius 1 is 0.821 bits per heavy atom. The SMILES string of the molecule is CCCCCCCCCCCCCCC(=O)C(=O)NC(C)CN1CCCC1.I. The average Bonchev–Trinajstić information content (AvgIpc) is 3.15. The molecule has 0 aromatic heterocycles. The molecular formula is C23H45IN2O2. The van der Waals surface area contributed by atoms with Crippen molar-refractivity contribution in [1.82, 2.24) is 10.2 Å². The van der Waals surface area contributed by atoms with E-state index in [2.05, 4.69) is 17.1 Å². The molecule has 5 heteroatoms. The number of halogens is 1. The number of hydrogen-bond donors (Lipinski definition) is 1. The second-order valence-electron chi connectivity index (χ2n) is 8.44. The van der Waals surface area contributed by atoms with Gasteiger partial charge in [-0.25, -0.2) is 0 Å². The molecule has 0 aromatic rings. The van der Waals surface area contributed by atoms with Gasteiger partial charge in [0.1, 0.15) is 0 Å². The number of hydrogen-bond acceptors (Lipinski definition) is 3. The summed E-state index contributed by atoms with van der Waals surface area (Å²) in [6, 6.07) is 0.0570. The summed E-state index contributed by atoms with van der Waals surface area (Å²) in [5.74, 6) is -0.625. The Morgan fingerprint density at radius 2 is 1.29 bits per heavy atom. The zero-order chi connectivity index (χ0) is 19.7. The topological polar surface area (TPSA) is 49.4 Å². The maximum absolute atomic E-state index is 12.0. The number of nitrogens with one attached hydrogen (secondary N) is 1. The van der Waals surface area contributed by atoms with Gasteiger partial charge in [-0.3, -0.25) is 9.59 Å². The van der Waals surface area contributed by atoms with Crippen molar-refractivity contribution in [3.8, 4) is 0 Å². The number of carbonyl (C=O) groups is 2. The number of carbonyl (C=O) groups excluding carboxylic acids is 2. The van der Waals surface area contributed by atoms with Gasteiger partial charge in [0, 0.05) is 19.0 Å². The first-order chi connectivity index (χ1) is 13.1. The lowest BCUT2D eigenvalue weighted by molar-refractivity contribution is -0.138. The highest BCUT2D eigenvalue weighted by Gasteiger charge is 2.19. The van der Waals surface area contributed by atoms with Gasteiger partial charge < -0.3 is 10.2 Å². The highest BCUT2D eigenvalue weighted by atomic mass is 127.